The average Bonchev–Trinajstić information content (AvgIpc) is 3.18. The van der Waals surface area contributed by atoms with Gasteiger partial charge in [0.15, 0.2) is 0 Å². The molecule has 168 valence electrons. The van der Waals surface area contributed by atoms with E-state index in [1.54, 1.807) is 24.5 Å². The summed E-state index contributed by atoms with van der Waals surface area (Å²) in [6.07, 6.45) is 5.99. The molecule has 2 heterocycles. The Kier molecular flexibility index (Phi) is 6.61. The standard InChI is InChI=1S/C24H28ClF3N2O/c25-21-13-18(15-30-16-21)14-29-11-9-22(10-12-31-23(17-22)7-1-2-8-23)19-3-5-20(6-4-19)24(26,27)28/h3-6,13,15-16,29H,1-2,7-12,14,17H2/t22-/m0/s1. The SMILES string of the molecule is FC(F)(F)c1ccc([C@@]2(CCNCc3cncc(Cl)c3)CCOC3(CCCC3)C2)cc1. The number of aromatic nitrogens is 1. The minimum atomic E-state index is -4.32. The van der Waals surface area contributed by atoms with Crippen LogP contribution in [0.3, 0.4) is 0 Å². The van der Waals surface area contributed by atoms with Gasteiger partial charge in [-0.2, -0.15) is 13.2 Å². The fourth-order valence-corrected chi connectivity index (χ4v) is 5.49. The highest BCUT2D eigenvalue weighted by molar-refractivity contribution is 6.30. The van der Waals surface area contributed by atoms with Crippen molar-refractivity contribution < 1.29 is 17.9 Å². The normalized spacial score (nSPS) is 23.4. The van der Waals surface area contributed by atoms with Gasteiger partial charge in [0.25, 0.3) is 0 Å². The maximum atomic E-state index is 13.1. The second-order valence-corrected chi connectivity index (χ2v) is 9.40. The van der Waals surface area contributed by atoms with Gasteiger partial charge in [0.2, 0.25) is 0 Å². The first-order chi connectivity index (χ1) is 14.8. The summed E-state index contributed by atoms with van der Waals surface area (Å²) in [5, 5.41) is 4.07. The van der Waals surface area contributed by atoms with Crippen molar-refractivity contribution in [3.8, 4) is 0 Å². The number of rotatable bonds is 6. The van der Waals surface area contributed by atoms with E-state index in [9.17, 15) is 13.2 Å². The van der Waals surface area contributed by atoms with E-state index in [1.165, 1.54) is 12.1 Å². The second kappa shape index (κ2) is 9.08. The Morgan fingerprint density at radius 2 is 1.81 bits per heavy atom. The van der Waals surface area contributed by atoms with Crippen molar-refractivity contribution in [2.45, 2.75) is 68.7 Å². The number of ether oxygens (including phenoxy) is 1. The van der Waals surface area contributed by atoms with E-state index in [0.717, 1.165) is 62.6 Å². The van der Waals surface area contributed by atoms with Crippen LogP contribution in [0.4, 0.5) is 13.2 Å². The largest absolute Gasteiger partial charge is 0.416 e. The number of nitrogens with one attached hydrogen (secondary N) is 1. The van der Waals surface area contributed by atoms with E-state index >= 15 is 0 Å². The second-order valence-electron chi connectivity index (χ2n) is 8.96. The summed E-state index contributed by atoms with van der Waals surface area (Å²) in [6.45, 7) is 2.06. The molecule has 2 aliphatic rings. The summed E-state index contributed by atoms with van der Waals surface area (Å²) in [4.78, 5) is 4.11. The van der Waals surface area contributed by atoms with Crippen molar-refractivity contribution in [2.75, 3.05) is 13.2 Å². The van der Waals surface area contributed by atoms with Crippen molar-refractivity contribution in [1.29, 1.82) is 0 Å². The zero-order valence-electron chi connectivity index (χ0n) is 17.5. The molecule has 1 saturated heterocycles. The molecule has 7 heteroatoms. The van der Waals surface area contributed by atoms with Crippen molar-refractivity contribution in [3.05, 3.63) is 64.4 Å². The van der Waals surface area contributed by atoms with Crippen molar-refractivity contribution in [3.63, 3.8) is 0 Å². The van der Waals surface area contributed by atoms with Crippen LogP contribution in [-0.2, 0) is 22.9 Å². The van der Waals surface area contributed by atoms with Gasteiger partial charge in [-0.05, 0) is 68.0 Å². The number of benzene rings is 1. The smallest absolute Gasteiger partial charge is 0.375 e. The monoisotopic (exact) mass is 452 g/mol. The molecule has 31 heavy (non-hydrogen) atoms. The van der Waals surface area contributed by atoms with E-state index in [2.05, 4.69) is 10.3 Å². The molecule has 1 N–H and O–H groups in total. The molecular weight excluding hydrogens is 425 g/mol. The average molecular weight is 453 g/mol. The number of halogens is 4. The van der Waals surface area contributed by atoms with Crippen LogP contribution in [0.15, 0.2) is 42.7 Å². The summed E-state index contributed by atoms with van der Waals surface area (Å²) < 4.78 is 45.5. The van der Waals surface area contributed by atoms with Gasteiger partial charge in [0, 0.05) is 31.0 Å². The maximum Gasteiger partial charge on any atom is 0.416 e. The molecule has 2 fully saturated rings. The Hall–Kier alpha value is -1.63. The van der Waals surface area contributed by atoms with E-state index in [0.29, 0.717) is 18.2 Å². The van der Waals surface area contributed by atoms with Gasteiger partial charge in [-0.1, -0.05) is 36.6 Å². The highest BCUT2D eigenvalue weighted by Crippen LogP contribution is 2.50. The van der Waals surface area contributed by atoms with Crippen LogP contribution < -0.4 is 5.32 Å². The lowest BCUT2D eigenvalue weighted by Gasteiger charge is -2.47. The third-order valence-corrected chi connectivity index (χ3v) is 7.07. The molecule has 0 radical (unpaired) electrons. The molecule has 2 aromatic rings. The highest BCUT2D eigenvalue weighted by Gasteiger charge is 2.47. The summed E-state index contributed by atoms with van der Waals surface area (Å²) in [5.74, 6) is 0. The quantitative estimate of drug-likeness (QED) is 0.522. The Labute approximate surface area is 186 Å². The highest BCUT2D eigenvalue weighted by atomic mass is 35.5. The summed E-state index contributed by atoms with van der Waals surface area (Å²) in [7, 11) is 0. The number of alkyl halides is 3. The van der Waals surface area contributed by atoms with Gasteiger partial charge in [-0.25, -0.2) is 0 Å². The van der Waals surface area contributed by atoms with Gasteiger partial charge in [-0.15, -0.1) is 0 Å². The summed E-state index contributed by atoms with van der Waals surface area (Å²) in [5.41, 5.74) is 1.08. The van der Waals surface area contributed by atoms with Crippen LogP contribution in [0.5, 0.6) is 0 Å². The number of hydrogen-bond acceptors (Lipinski definition) is 3. The van der Waals surface area contributed by atoms with E-state index in [-0.39, 0.29) is 11.0 Å². The molecule has 0 amide bonds. The minimum Gasteiger partial charge on any atom is -0.375 e. The molecule has 1 spiro atoms. The van der Waals surface area contributed by atoms with Gasteiger partial charge in [0.05, 0.1) is 16.2 Å². The van der Waals surface area contributed by atoms with Crippen LogP contribution >= 0.6 is 11.6 Å². The molecular formula is C24H28ClF3N2O. The van der Waals surface area contributed by atoms with E-state index in [1.807, 2.05) is 6.07 Å². The summed E-state index contributed by atoms with van der Waals surface area (Å²) in [6, 6.07) is 7.68. The zero-order chi connectivity index (χ0) is 22.0. The van der Waals surface area contributed by atoms with Crippen LogP contribution in [0.1, 0.15) is 61.6 Å². The molecule has 1 aromatic heterocycles. The Bertz CT molecular complexity index is 881. The van der Waals surface area contributed by atoms with Gasteiger partial charge < -0.3 is 10.1 Å². The Balaban J connectivity index is 1.51. The predicted octanol–water partition coefficient (Wildman–Crippen LogP) is 6.29. The van der Waals surface area contributed by atoms with Gasteiger partial charge >= 0.3 is 6.18 Å². The molecule has 4 rings (SSSR count). The first-order valence-corrected chi connectivity index (χ1v) is 11.3. The molecule has 1 aliphatic heterocycles. The van der Waals surface area contributed by atoms with Crippen LogP contribution in [0, 0.1) is 0 Å². The lowest BCUT2D eigenvalue weighted by Crippen LogP contribution is -2.47. The predicted molar refractivity (Wildman–Crippen MR) is 115 cm³/mol. The van der Waals surface area contributed by atoms with Crippen LogP contribution in [-0.4, -0.2) is 23.7 Å². The first kappa shape index (κ1) is 22.6. The van der Waals surface area contributed by atoms with Crippen LogP contribution in [0.25, 0.3) is 0 Å². The van der Waals surface area contributed by atoms with Gasteiger partial charge in [0.1, 0.15) is 0 Å². The van der Waals surface area contributed by atoms with E-state index in [4.69, 9.17) is 16.3 Å². The molecule has 1 saturated carbocycles. The van der Waals surface area contributed by atoms with Gasteiger partial charge in [-0.3, -0.25) is 4.98 Å². The Morgan fingerprint density at radius 1 is 1.06 bits per heavy atom. The van der Waals surface area contributed by atoms with Crippen molar-refractivity contribution >= 4 is 11.6 Å². The number of nitrogens with zero attached hydrogens (tertiary/aromatic N) is 1. The fourth-order valence-electron chi connectivity index (χ4n) is 5.29. The summed E-state index contributed by atoms with van der Waals surface area (Å²) >= 11 is 6.01. The van der Waals surface area contributed by atoms with Crippen molar-refractivity contribution in [1.82, 2.24) is 10.3 Å². The molecule has 1 aliphatic carbocycles. The zero-order valence-corrected chi connectivity index (χ0v) is 18.2. The topological polar surface area (TPSA) is 34.2 Å². The third-order valence-electron chi connectivity index (χ3n) is 6.86. The van der Waals surface area contributed by atoms with Crippen LogP contribution in [0.2, 0.25) is 5.02 Å². The molecule has 0 bridgehead atoms. The van der Waals surface area contributed by atoms with E-state index < -0.39 is 11.7 Å². The number of pyridine rings is 1. The lowest BCUT2D eigenvalue weighted by molar-refractivity contribution is -0.137. The molecule has 3 nitrogen and oxygen atoms in total. The third kappa shape index (κ3) is 5.24. The minimum absolute atomic E-state index is 0.127. The maximum absolute atomic E-state index is 13.1. The molecule has 1 atom stereocenters. The van der Waals surface area contributed by atoms with Crippen molar-refractivity contribution in [2.24, 2.45) is 0 Å². The molecule has 1 aromatic carbocycles. The molecule has 0 unspecified atom stereocenters. The Morgan fingerprint density at radius 3 is 2.48 bits per heavy atom. The first-order valence-electron chi connectivity index (χ1n) is 10.9. The fraction of sp³-hybridized carbons (Fsp3) is 0.542. The number of hydrogen-bond donors (Lipinski definition) is 1. The lowest BCUT2D eigenvalue weighted by atomic mass is 9.66.